The molecule has 1 amide bonds. The molecule has 3 aromatic rings. The van der Waals surface area contributed by atoms with Crippen molar-refractivity contribution >= 4 is 44.9 Å². The van der Waals surface area contributed by atoms with Crippen molar-refractivity contribution in [3.05, 3.63) is 75.6 Å². The number of hydrogen-bond donors (Lipinski definition) is 0. The Labute approximate surface area is 157 Å². The Morgan fingerprint density at radius 2 is 2.08 bits per heavy atom. The van der Waals surface area contributed by atoms with Crippen molar-refractivity contribution in [2.75, 3.05) is 6.26 Å². The summed E-state index contributed by atoms with van der Waals surface area (Å²) in [6.45, 7) is 4.12. The molecule has 0 saturated carbocycles. The molecule has 0 atom stereocenters. The summed E-state index contributed by atoms with van der Waals surface area (Å²) in [7, 11) is 0. The summed E-state index contributed by atoms with van der Waals surface area (Å²) in [6, 6.07) is 11.9. The number of thiazole rings is 1. The Bertz CT molecular complexity index is 1070. The van der Waals surface area contributed by atoms with Crippen LogP contribution in [-0.2, 0) is 6.54 Å². The zero-order valence-corrected chi connectivity index (χ0v) is 15.5. The molecule has 8 heteroatoms. The number of rotatable bonds is 5. The van der Waals surface area contributed by atoms with Crippen molar-refractivity contribution in [2.45, 2.75) is 11.4 Å². The van der Waals surface area contributed by atoms with Crippen molar-refractivity contribution < 1.29 is 9.72 Å². The fourth-order valence-corrected chi connectivity index (χ4v) is 3.87. The minimum absolute atomic E-state index is 0.00126. The van der Waals surface area contributed by atoms with E-state index < -0.39 is 4.92 Å². The predicted octanol–water partition coefficient (Wildman–Crippen LogP) is 4.26. The molecule has 0 radical (unpaired) electrons. The number of nitro benzene ring substituents is 1. The van der Waals surface area contributed by atoms with Gasteiger partial charge < -0.3 is 4.57 Å². The van der Waals surface area contributed by atoms with Gasteiger partial charge in [-0.15, -0.1) is 18.3 Å². The smallest absolute Gasteiger partial charge is 0.279 e. The number of hydrogen-bond acceptors (Lipinski definition) is 5. The number of benzene rings is 2. The van der Waals surface area contributed by atoms with E-state index >= 15 is 0 Å². The number of amides is 1. The van der Waals surface area contributed by atoms with E-state index in [0.29, 0.717) is 22.4 Å². The molecule has 132 valence electrons. The molecule has 0 bridgehead atoms. The number of carbonyl (C=O) groups excluding carboxylic acids is 1. The van der Waals surface area contributed by atoms with Gasteiger partial charge in [0.25, 0.3) is 11.6 Å². The van der Waals surface area contributed by atoms with Crippen LogP contribution in [0.4, 0.5) is 5.69 Å². The summed E-state index contributed by atoms with van der Waals surface area (Å²) in [5.41, 5.74) is 1.16. The van der Waals surface area contributed by atoms with Crippen molar-refractivity contribution in [3.8, 4) is 0 Å². The molecule has 0 aliphatic carbocycles. The SMILES string of the molecule is C=CCn1c(=NC(=O)c2ccc(SC)cc2)sc2ccc([N+](=O)[O-])cc21. The van der Waals surface area contributed by atoms with Crippen LogP contribution in [0.15, 0.2) is 65.0 Å². The second-order valence-electron chi connectivity index (χ2n) is 5.34. The molecule has 0 fully saturated rings. The number of allylic oxidation sites excluding steroid dienone is 1. The maximum Gasteiger partial charge on any atom is 0.279 e. The summed E-state index contributed by atoms with van der Waals surface area (Å²) in [4.78, 5) is 28.9. The lowest BCUT2D eigenvalue weighted by Gasteiger charge is -2.01. The number of carbonyl (C=O) groups is 1. The van der Waals surface area contributed by atoms with Gasteiger partial charge in [-0.2, -0.15) is 4.99 Å². The van der Waals surface area contributed by atoms with Crippen molar-refractivity contribution in [1.29, 1.82) is 0 Å². The quantitative estimate of drug-likeness (QED) is 0.285. The summed E-state index contributed by atoms with van der Waals surface area (Å²) >= 11 is 2.91. The normalized spacial score (nSPS) is 11.7. The second-order valence-corrected chi connectivity index (χ2v) is 7.23. The highest BCUT2D eigenvalue weighted by Crippen LogP contribution is 2.23. The molecule has 1 aromatic heterocycles. The standard InChI is InChI=1S/C18H15N3O3S2/c1-3-10-20-15-11-13(21(23)24)6-9-16(15)26-18(20)19-17(22)12-4-7-14(25-2)8-5-12/h3-9,11H,1,10H2,2H3. The van der Waals surface area contributed by atoms with Gasteiger partial charge in [0.15, 0.2) is 4.80 Å². The number of thioether (sulfide) groups is 1. The van der Waals surface area contributed by atoms with Gasteiger partial charge in [0.1, 0.15) is 0 Å². The minimum atomic E-state index is -0.440. The van der Waals surface area contributed by atoms with E-state index in [-0.39, 0.29) is 11.6 Å². The van der Waals surface area contributed by atoms with Crippen LogP contribution in [0.5, 0.6) is 0 Å². The van der Waals surface area contributed by atoms with Crippen LogP contribution in [0.25, 0.3) is 10.2 Å². The van der Waals surface area contributed by atoms with Crippen LogP contribution in [0.3, 0.4) is 0 Å². The first-order valence-electron chi connectivity index (χ1n) is 7.65. The molecule has 0 N–H and O–H groups in total. The van der Waals surface area contributed by atoms with Crippen LogP contribution in [-0.4, -0.2) is 21.7 Å². The van der Waals surface area contributed by atoms with E-state index in [2.05, 4.69) is 11.6 Å². The van der Waals surface area contributed by atoms with E-state index in [1.807, 2.05) is 18.4 Å². The van der Waals surface area contributed by atoms with Gasteiger partial charge in [0, 0.05) is 29.1 Å². The largest absolute Gasteiger partial charge is 0.312 e. The third-order valence-corrected chi connectivity index (χ3v) is 5.53. The molecule has 1 heterocycles. The molecular formula is C18H15N3O3S2. The first-order valence-corrected chi connectivity index (χ1v) is 9.69. The highest BCUT2D eigenvalue weighted by Gasteiger charge is 2.13. The van der Waals surface area contributed by atoms with Gasteiger partial charge in [0.05, 0.1) is 15.1 Å². The lowest BCUT2D eigenvalue weighted by molar-refractivity contribution is -0.384. The van der Waals surface area contributed by atoms with Gasteiger partial charge in [-0.3, -0.25) is 14.9 Å². The fraction of sp³-hybridized carbons (Fsp3) is 0.111. The first-order chi connectivity index (χ1) is 12.5. The molecule has 0 aliphatic rings. The topological polar surface area (TPSA) is 77.5 Å². The number of aromatic nitrogens is 1. The van der Waals surface area contributed by atoms with Crippen LogP contribution in [0.2, 0.25) is 0 Å². The van der Waals surface area contributed by atoms with E-state index in [1.54, 1.807) is 40.6 Å². The van der Waals surface area contributed by atoms with Crippen LogP contribution in [0, 0.1) is 10.1 Å². The van der Waals surface area contributed by atoms with Crippen LogP contribution >= 0.6 is 23.1 Å². The van der Waals surface area contributed by atoms with E-state index in [1.165, 1.54) is 23.5 Å². The Balaban J connectivity index is 2.11. The Morgan fingerprint density at radius 3 is 2.69 bits per heavy atom. The van der Waals surface area contributed by atoms with E-state index in [4.69, 9.17) is 0 Å². The van der Waals surface area contributed by atoms with Crippen molar-refractivity contribution in [3.63, 3.8) is 0 Å². The van der Waals surface area contributed by atoms with Gasteiger partial charge in [-0.05, 0) is 36.6 Å². The molecule has 0 saturated heterocycles. The molecule has 6 nitrogen and oxygen atoms in total. The zero-order chi connectivity index (χ0) is 18.7. The lowest BCUT2D eigenvalue weighted by Crippen LogP contribution is -2.16. The zero-order valence-electron chi connectivity index (χ0n) is 13.9. The molecule has 0 spiro atoms. The molecule has 0 unspecified atom stereocenters. The minimum Gasteiger partial charge on any atom is -0.312 e. The third kappa shape index (κ3) is 3.61. The van der Waals surface area contributed by atoms with Gasteiger partial charge in [0.2, 0.25) is 0 Å². The van der Waals surface area contributed by atoms with E-state index in [0.717, 1.165) is 9.60 Å². The first kappa shape index (κ1) is 18.1. The molecule has 0 aliphatic heterocycles. The van der Waals surface area contributed by atoms with Gasteiger partial charge >= 0.3 is 0 Å². The third-order valence-electron chi connectivity index (χ3n) is 3.72. The number of fused-ring (bicyclic) bond motifs is 1. The second kappa shape index (κ2) is 7.67. The van der Waals surface area contributed by atoms with Gasteiger partial charge in [-0.25, -0.2) is 0 Å². The fourth-order valence-electron chi connectivity index (χ4n) is 2.45. The van der Waals surface area contributed by atoms with Crippen LogP contribution in [0.1, 0.15) is 10.4 Å². The number of nitro groups is 1. The van der Waals surface area contributed by atoms with Crippen LogP contribution < -0.4 is 4.80 Å². The monoisotopic (exact) mass is 385 g/mol. The Hall–Kier alpha value is -2.71. The summed E-state index contributed by atoms with van der Waals surface area (Å²) in [6.07, 6.45) is 3.64. The van der Waals surface area contributed by atoms with Crippen molar-refractivity contribution in [2.24, 2.45) is 4.99 Å². The molecular weight excluding hydrogens is 370 g/mol. The highest BCUT2D eigenvalue weighted by atomic mass is 32.2. The number of non-ortho nitro benzene ring substituents is 1. The molecule has 2 aromatic carbocycles. The maximum absolute atomic E-state index is 12.5. The Kier molecular flexibility index (Phi) is 5.34. The summed E-state index contributed by atoms with van der Waals surface area (Å²) in [5.74, 6) is -0.350. The number of nitrogens with zero attached hydrogens (tertiary/aromatic N) is 3. The van der Waals surface area contributed by atoms with Gasteiger partial charge in [-0.1, -0.05) is 17.4 Å². The van der Waals surface area contributed by atoms with Crippen molar-refractivity contribution in [1.82, 2.24) is 4.57 Å². The predicted molar refractivity (Wildman–Crippen MR) is 105 cm³/mol. The average molecular weight is 385 g/mol. The summed E-state index contributed by atoms with van der Waals surface area (Å²) in [5, 5.41) is 11.0. The van der Waals surface area contributed by atoms with E-state index in [9.17, 15) is 14.9 Å². The maximum atomic E-state index is 12.5. The lowest BCUT2D eigenvalue weighted by atomic mass is 10.2. The summed E-state index contributed by atoms with van der Waals surface area (Å²) < 4.78 is 2.58. The molecule has 26 heavy (non-hydrogen) atoms. The average Bonchev–Trinajstić information content (AvgIpc) is 2.98. The Morgan fingerprint density at radius 1 is 1.35 bits per heavy atom. The highest BCUT2D eigenvalue weighted by molar-refractivity contribution is 7.98. The molecule has 3 rings (SSSR count).